The van der Waals surface area contributed by atoms with Crippen LogP contribution in [0.1, 0.15) is 29.3 Å². The summed E-state index contributed by atoms with van der Waals surface area (Å²) in [7, 11) is -3.14. The lowest BCUT2D eigenvalue weighted by molar-refractivity contribution is 0.0529. The Morgan fingerprint density at radius 3 is 2.58 bits per heavy atom. The van der Waals surface area contributed by atoms with Gasteiger partial charge in [0.25, 0.3) is 0 Å². The molecule has 5 nitrogen and oxygen atoms in total. The van der Waals surface area contributed by atoms with Gasteiger partial charge in [-0.2, -0.15) is 0 Å². The topological polar surface area (TPSA) is 86.5 Å². The average Bonchev–Trinajstić information content (AvgIpc) is 2.28. The van der Waals surface area contributed by atoms with Crippen molar-refractivity contribution in [3.63, 3.8) is 0 Å². The molecule has 0 aliphatic rings. The highest BCUT2D eigenvalue weighted by molar-refractivity contribution is 7.91. The maximum absolute atomic E-state index is 11.8. The van der Waals surface area contributed by atoms with Gasteiger partial charge >= 0.3 is 5.97 Å². The Bertz CT molecular complexity index is 532. The van der Waals surface area contributed by atoms with Crippen molar-refractivity contribution >= 4 is 21.5 Å². The van der Waals surface area contributed by atoms with Gasteiger partial charge in [0.2, 0.25) is 0 Å². The summed E-state index contributed by atoms with van der Waals surface area (Å²) in [6.45, 7) is 3.40. The largest absolute Gasteiger partial charge is 0.461 e. The number of nitrogens with two attached hydrogens (primary N) is 1. The van der Waals surface area contributed by atoms with E-state index in [9.17, 15) is 13.2 Å². The van der Waals surface area contributed by atoms with Gasteiger partial charge in [-0.3, -0.25) is 0 Å². The summed E-state index contributed by atoms with van der Waals surface area (Å²) in [5.74, 6) is -0.627. The lowest BCUT2D eigenvalue weighted by Crippen LogP contribution is -2.18. The van der Waals surface area contributed by atoms with Gasteiger partial charge in [0.15, 0.2) is 9.84 Å². The molecule has 0 aliphatic carbocycles. The molecule has 0 atom stereocenters. The molecule has 0 amide bonds. The minimum atomic E-state index is -3.14. The second-order valence-electron chi connectivity index (χ2n) is 4.33. The summed E-state index contributed by atoms with van der Waals surface area (Å²) in [5, 5.41) is 0. The number of ether oxygens (including phenoxy) is 1. The number of rotatable bonds is 6. The van der Waals surface area contributed by atoms with Crippen molar-refractivity contribution in [2.75, 3.05) is 23.8 Å². The predicted molar refractivity (Wildman–Crippen MR) is 74.8 cm³/mol. The molecule has 0 spiro atoms. The second kappa shape index (κ2) is 6.56. The maximum Gasteiger partial charge on any atom is 0.340 e. The number of hydrogen-bond donors (Lipinski definition) is 1. The maximum atomic E-state index is 11.8. The Hall–Kier alpha value is -1.56. The van der Waals surface area contributed by atoms with E-state index in [1.54, 1.807) is 32.0 Å². The number of anilines is 1. The molecule has 1 rings (SSSR count). The molecule has 19 heavy (non-hydrogen) atoms. The van der Waals surface area contributed by atoms with Crippen LogP contribution in [0.2, 0.25) is 0 Å². The standard InChI is InChI=1S/C13H19NO4S/c1-3-8-19(16,17)9-7-18-13(15)12-10(2)5-4-6-11(12)14/h4-6H,3,7-9,14H2,1-2H3. The SMILES string of the molecule is CCCS(=O)(=O)CCOC(=O)c1c(C)cccc1N. The van der Waals surface area contributed by atoms with Crippen molar-refractivity contribution < 1.29 is 17.9 Å². The Morgan fingerprint density at radius 1 is 1.32 bits per heavy atom. The molecular weight excluding hydrogens is 266 g/mol. The quantitative estimate of drug-likeness (QED) is 0.633. The summed E-state index contributed by atoms with van der Waals surface area (Å²) in [6, 6.07) is 5.10. The Labute approximate surface area is 113 Å². The molecule has 106 valence electrons. The van der Waals surface area contributed by atoms with Crippen molar-refractivity contribution in [2.45, 2.75) is 20.3 Å². The number of carbonyl (C=O) groups excluding carboxylic acids is 1. The van der Waals surface area contributed by atoms with Crippen LogP contribution in [0.3, 0.4) is 0 Å². The average molecular weight is 285 g/mol. The van der Waals surface area contributed by atoms with E-state index in [0.29, 0.717) is 23.2 Å². The van der Waals surface area contributed by atoms with Gasteiger partial charge in [-0.25, -0.2) is 13.2 Å². The van der Waals surface area contributed by atoms with E-state index in [4.69, 9.17) is 10.5 Å². The fourth-order valence-electron chi connectivity index (χ4n) is 1.72. The molecular formula is C13H19NO4S. The number of esters is 1. The summed E-state index contributed by atoms with van der Waals surface area (Å²) < 4.78 is 27.9. The third-order valence-electron chi connectivity index (χ3n) is 2.65. The molecule has 0 radical (unpaired) electrons. The van der Waals surface area contributed by atoms with Gasteiger partial charge in [-0.15, -0.1) is 0 Å². The smallest absolute Gasteiger partial charge is 0.340 e. The third kappa shape index (κ3) is 4.55. The van der Waals surface area contributed by atoms with Crippen LogP contribution in [0, 0.1) is 6.92 Å². The minimum absolute atomic E-state index is 0.108. The van der Waals surface area contributed by atoms with Gasteiger partial charge < -0.3 is 10.5 Å². The van der Waals surface area contributed by atoms with E-state index in [1.807, 2.05) is 0 Å². The van der Waals surface area contributed by atoms with E-state index in [-0.39, 0.29) is 18.1 Å². The summed E-state index contributed by atoms with van der Waals surface area (Å²) >= 11 is 0. The highest BCUT2D eigenvalue weighted by Gasteiger charge is 2.16. The van der Waals surface area contributed by atoms with E-state index in [0.717, 1.165) is 0 Å². The molecule has 0 unspecified atom stereocenters. The molecule has 0 fully saturated rings. The zero-order chi connectivity index (χ0) is 14.5. The van der Waals surface area contributed by atoms with Crippen LogP contribution in [0.5, 0.6) is 0 Å². The highest BCUT2D eigenvalue weighted by atomic mass is 32.2. The molecule has 0 bridgehead atoms. The van der Waals surface area contributed by atoms with E-state index >= 15 is 0 Å². The van der Waals surface area contributed by atoms with Gasteiger partial charge in [0, 0.05) is 5.69 Å². The van der Waals surface area contributed by atoms with Crippen LogP contribution in [-0.2, 0) is 14.6 Å². The number of aryl methyl sites for hydroxylation is 1. The van der Waals surface area contributed by atoms with Crippen molar-refractivity contribution in [3.8, 4) is 0 Å². The van der Waals surface area contributed by atoms with Crippen LogP contribution in [0.15, 0.2) is 18.2 Å². The lowest BCUT2D eigenvalue weighted by Gasteiger charge is -2.09. The van der Waals surface area contributed by atoms with Gasteiger partial charge in [0.05, 0.1) is 17.1 Å². The van der Waals surface area contributed by atoms with Gasteiger partial charge in [0.1, 0.15) is 6.61 Å². The summed E-state index contributed by atoms with van der Waals surface area (Å²) in [4.78, 5) is 11.8. The molecule has 1 aromatic carbocycles. The molecule has 0 saturated heterocycles. The first-order valence-electron chi connectivity index (χ1n) is 6.10. The molecule has 0 aliphatic heterocycles. The van der Waals surface area contributed by atoms with Crippen molar-refractivity contribution in [1.82, 2.24) is 0 Å². The van der Waals surface area contributed by atoms with Crippen molar-refractivity contribution in [2.24, 2.45) is 0 Å². The van der Waals surface area contributed by atoms with Crippen LogP contribution in [0.25, 0.3) is 0 Å². The monoisotopic (exact) mass is 285 g/mol. The normalized spacial score (nSPS) is 11.3. The Kier molecular flexibility index (Phi) is 5.35. The number of sulfone groups is 1. The summed E-state index contributed by atoms with van der Waals surface area (Å²) in [5.41, 5.74) is 7.05. The Balaban J connectivity index is 2.62. The highest BCUT2D eigenvalue weighted by Crippen LogP contribution is 2.17. The lowest BCUT2D eigenvalue weighted by atomic mass is 10.1. The van der Waals surface area contributed by atoms with Crippen molar-refractivity contribution in [3.05, 3.63) is 29.3 Å². The summed E-state index contributed by atoms with van der Waals surface area (Å²) in [6.07, 6.45) is 0.557. The zero-order valence-electron chi connectivity index (χ0n) is 11.2. The third-order valence-corrected chi connectivity index (χ3v) is 4.47. The predicted octanol–water partition coefficient (Wildman–Crippen LogP) is 1.56. The van der Waals surface area contributed by atoms with Gasteiger partial charge in [-0.05, 0) is 25.0 Å². The molecule has 0 heterocycles. The second-order valence-corrected chi connectivity index (χ2v) is 6.63. The molecule has 6 heteroatoms. The Morgan fingerprint density at radius 2 is 2.00 bits per heavy atom. The van der Waals surface area contributed by atoms with E-state index in [1.165, 1.54) is 0 Å². The molecule has 0 aromatic heterocycles. The van der Waals surface area contributed by atoms with E-state index < -0.39 is 15.8 Å². The number of carbonyl (C=O) groups is 1. The van der Waals surface area contributed by atoms with Crippen LogP contribution >= 0.6 is 0 Å². The molecule has 2 N–H and O–H groups in total. The van der Waals surface area contributed by atoms with Crippen LogP contribution < -0.4 is 5.73 Å². The number of hydrogen-bond acceptors (Lipinski definition) is 5. The molecule has 0 saturated carbocycles. The first kappa shape index (κ1) is 15.5. The van der Waals surface area contributed by atoms with E-state index in [2.05, 4.69) is 0 Å². The number of nitrogen functional groups attached to an aromatic ring is 1. The fraction of sp³-hybridized carbons (Fsp3) is 0.462. The van der Waals surface area contributed by atoms with Gasteiger partial charge in [-0.1, -0.05) is 19.1 Å². The number of benzene rings is 1. The minimum Gasteiger partial charge on any atom is -0.461 e. The fourth-order valence-corrected chi connectivity index (χ4v) is 2.88. The van der Waals surface area contributed by atoms with Crippen LogP contribution in [-0.4, -0.2) is 32.5 Å². The first-order valence-corrected chi connectivity index (χ1v) is 7.92. The zero-order valence-corrected chi connectivity index (χ0v) is 12.0. The van der Waals surface area contributed by atoms with Crippen molar-refractivity contribution in [1.29, 1.82) is 0 Å². The van der Waals surface area contributed by atoms with Crippen LogP contribution in [0.4, 0.5) is 5.69 Å². The first-order chi connectivity index (χ1) is 8.87. The molecule has 1 aromatic rings.